The summed E-state index contributed by atoms with van der Waals surface area (Å²) in [4.78, 5) is 51.7. The average Bonchev–Trinajstić information content (AvgIpc) is 2.72. The Kier molecular flexibility index (Phi) is 5.86. The van der Waals surface area contributed by atoms with Crippen molar-refractivity contribution in [3.05, 3.63) is 74.2 Å². The highest BCUT2D eigenvalue weighted by Crippen LogP contribution is 2.17. The van der Waals surface area contributed by atoms with Crippen molar-refractivity contribution in [2.75, 3.05) is 11.9 Å². The number of hydrogen-bond donors (Lipinski definition) is 1. The Morgan fingerprint density at radius 2 is 2.03 bits per heavy atom. The smallest absolute Gasteiger partial charge is 0.344 e. The Hall–Kier alpha value is -4.08. The first-order chi connectivity index (χ1) is 14.3. The summed E-state index contributed by atoms with van der Waals surface area (Å²) in [5.74, 6) is -1.64. The molecule has 10 heteroatoms. The van der Waals surface area contributed by atoms with E-state index in [1.54, 1.807) is 23.6 Å². The first-order valence-electron chi connectivity index (χ1n) is 9.02. The first-order valence-corrected chi connectivity index (χ1v) is 9.02. The molecule has 0 saturated heterocycles. The third kappa shape index (κ3) is 4.32. The van der Waals surface area contributed by atoms with E-state index in [1.807, 2.05) is 6.92 Å². The summed E-state index contributed by atoms with van der Waals surface area (Å²) in [7, 11) is 0. The Morgan fingerprint density at radius 3 is 2.73 bits per heavy atom. The molecule has 3 rings (SSSR count). The zero-order chi connectivity index (χ0) is 21.8. The van der Waals surface area contributed by atoms with E-state index in [4.69, 9.17) is 4.74 Å². The number of pyridine rings is 2. The van der Waals surface area contributed by atoms with E-state index in [2.05, 4.69) is 10.3 Å². The Balaban J connectivity index is 1.75. The number of nitrogens with one attached hydrogen (secondary N) is 1. The van der Waals surface area contributed by atoms with E-state index in [1.165, 1.54) is 30.5 Å². The summed E-state index contributed by atoms with van der Waals surface area (Å²) < 4.78 is 6.63. The standard InChI is InChI=1S/C20H18N4O6/c1-3-23-10-16(18(26)15-8-7-12(2)21-19(15)23)20(27)30-11-17(25)22-13-5-4-6-14(9-13)24(28)29/h4-10H,3,11H2,1-2H3,(H,22,25). The van der Waals surface area contributed by atoms with Crippen molar-refractivity contribution in [1.29, 1.82) is 0 Å². The zero-order valence-electron chi connectivity index (χ0n) is 16.2. The van der Waals surface area contributed by atoms with Crippen LogP contribution >= 0.6 is 0 Å². The van der Waals surface area contributed by atoms with Crippen LogP contribution in [0.4, 0.5) is 11.4 Å². The van der Waals surface area contributed by atoms with Gasteiger partial charge < -0.3 is 14.6 Å². The van der Waals surface area contributed by atoms with Gasteiger partial charge in [-0.3, -0.25) is 19.7 Å². The summed E-state index contributed by atoms with van der Waals surface area (Å²) in [6.07, 6.45) is 1.36. The number of nitro groups is 1. The van der Waals surface area contributed by atoms with Crippen molar-refractivity contribution in [3.8, 4) is 0 Å². The lowest BCUT2D eigenvalue weighted by atomic mass is 10.2. The van der Waals surface area contributed by atoms with Gasteiger partial charge in [0.05, 0.1) is 10.3 Å². The number of rotatable bonds is 6. The lowest BCUT2D eigenvalue weighted by Gasteiger charge is -2.11. The second-order valence-corrected chi connectivity index (χ2v) is 6.41. The molecule has 10 nitrogen and oxygen atoms in total. The van der Waals surface area contributed by atoms with Gasteiger partial charge in [-0.2, -0.15) is 0 Å². The van der Waals surface area contributed by atoms with Crippen LogP contribution in [-0.2, 0) is 16.1 Å². The number of carbonyl (C=O) groups excluding carboxylic acids is 2. The molecule has 0 fully saturated rings. The fourth-order valence-corrected chi connectivity index (χ4v) is 2.85. The summed E-state index contributed by atoms with van der Waals surface area (Å²) in [5.41, 5.74) is 0.444. The molecule has 0 bridgehead atoms. The SMILES string of the molecule is CCn1cc(C(=O)OCC(=O)Nc2cccc([N+](=O)[O-])c2)c(=O)c2ccc(C)nc21. The largest absolute Gasteiger partial charge is 0.452 e. The molecule has 0 aliphatic rings. The third-order valence-electron chi connectivity index (χ3n) is 4.30. The molecule has 3 aromatic rings. The fraction of sp³-hybridized carbons (Fsp3) is 0.200. The first kappa shape index (κ1) is 20.6. The lowest BCUT2D eigenvalue weighted by Crippen LogP contribution is -2.25. The normalized spacial score (nSPS) is 10.6. The molecule has 2 aromatic heterocycles. The Labute approximate surface area is 170 Å². The summed E-state index contributed by atoms with van der Waals surface area (Å²) in [6, 6.07) is 8.61. The zero-order valence-corrected chi connectivity index (χ0v) is 16.2. The van der Waals surface area contributed by atoms with Crippen molar-refractivity contribution < 1.29 is 19.2 Å². The molecule has 30 heavy (non-hydrogen) atoms. The fourth-order valence-electron chi connectivity index (χ4n) is 2.85. The molecule has 0 spiro atoms. The highest BCUT2D eigenvalue weighted by molar-refractivity contribution is 5.97. The molecule has 0 radical (unpaired) electrons. The lowest BCUT2D eigenvalue weighted by molar-refractivity contribution is -0.384. The number of aryl methyl sites for hydroxylation is 2. The van der Waals surface area contributed by atoms with Crippen LogP contribution in [0.1, 0.15) is 23.0 Å². The highest BCUT2D eigenvalue weighted by atomic mass is 16.6. The molecule has 0 atom stereocenters. The summed E-state index contributed by atoms with van der Waals surface area (Å²) >= 11 is 0. The molecular weight excluding hydrogens is 392 g/mol. The number of nitrogens with zero attached hydrogens (tertiary/aromatic N) is 3. The van der Waals surface area contributed by atoms with Gasteiger partial charge in [-0.05, 0) is 32.0 Å². The van der Waals surface area contributed by atoms with Crippen LogP contribution < -0.4 is 10.7 Å². The molecule has 0 aliphatic carbocycles. The monoisotopic (exact) mass is 410 g/mol. The third-order valence-corrected chi connectivity index (χ3v) is 4.30. The van der Waals surface area contributed by atoms with Gasteiger partial charge in [0.2, 0.25) is 5.43 Å². The van der Waals surface area contributed by atoms with Crippen LogP contribution in [-0.4, -0.2) is 33.0 Å². The van der Waals surface area contributed by atoms with Gasteiger partial charge in [0, 0.05) is 36.3 Å². The number of anilines is 1. The molecule has 0 aliphatic heterocycles. The molecular formula is C20H18N4O6. The molecule has 0 saturated carbocycles. The Morgan fingerprint density at radius 1 is 1.27 bits per heavy atom. The van der Waals surface area contributed by atoms with Crippen LogP contribution in [0.25, 0.3) is 11.0 Å². The van der Waals surface area contributed by atoms with E-state index in [0.29, 0.717) is 12.2 Å². The number of carbonyl (C=O) groups is 2. The van der Waals surface area contributed by atoms with Gasteiger partial charge in [-0.25, -0.2) is 9.78 Å². The predicted molar refractivity (Wildman–Crippen MR) is 108 cm³/mol. The summed E-state index contributed by atoms with van der Waals surface area (Å²) in [5, 5.41) is 13.5. The minimum absolute atomic E-state index is 0.186. The number of benzene rings is 1. The van der Waals surface area contributed by atoms with Gasteiger partial charge >= 0.3 is 5.97 Å². The van der Waals surface area contributed by atoms with Gasteiger partial charge in [0.25, 0.3) is 11.6 Å². The van der Waals surface area contributed by atoms with Crippen molar-refractivity contribution in [2.45, 2.75) is 20.4 Å². The van der Waals surface area contributed by atoms with E-state index in [9.17, 15) is 24.5 Å². The van der Waals surface area contributed by atoms with Gasteiger partial charge in [0.1, 0.15) is 11.2 Å². The van der Waals surface area contributed by atoms with Gasteiger partial charge in [0.15, 0.2) is 6.61 Å². The number of fused-ring (bicyclic) bond motifs is 1. The topological polar surface area (TPSA) is 133 Å². The van der Waals surface area contributed by atoms with Crippen molar-refractivity contribution in [2.24, 2.45) is 0 Å². The molecule has 2 heterocycles. The molecule has 1 N–H and O–H groups in total. The maximum Gasteiger partial charge on any atom is 0.344 e. The van der Waals surface area contributed by atoms with Crippen molar-refractivity contribution >= 4 is 34.3 Å². The number of hydrogen-bond acceptors (Lipinski definition) is 7. The van der Waals surface area contributed by atoms with E-state index in [-0.39, 0.29) is 22.3 Å². The number of nitro benzene ring substituents is 1. The average molecular weight is 410 g/mol. The van der Waals surface area contributed by atoms with Crippen molar-refractivity contribution in [1.82, 2.24) is 9.55 Å². The van der Waals surface area contributed by atoms with Crippen LogP contribution in [0.2, 0.25) is 0 Å². The molecule has 1 amide bonds. The molecule has 1 aromatic carbocycles. The maximum absolute atomic E-state index is 12.7. The minimum Gasteiger partial charge on any atom is -0.452 e. The number of esters is 1. The number of amides is 1. The van der Waals surface area contributed by atoms with Crippen LogP contribution in [0.3, 0.4) is 0 Å². The van der Waals surface area contributed by atoms with E-state index < -0.39 is 28.8 Å². The molecule has 154 valence electrons. The highest BCUT2D eigenvalue weighted by Gasteiger charge is 2.18. The Bertz CT molecular complexity index is 1220. The van der Waals surface area contributed by atoms with Crippen LogP contribution in [0, 0.1) is 17.0 Å². The summed E-state index contributed by atoms with van der Waals surface area (Å²) in [6.45, 7) is 3.46. The predicted octanol–water partition coefficient (Wildman–Crippen LogP) is 2.43. The number of non-ortho nitro benzene ring substituents is 1. The quantitative estimate of drug-likeness (QED) is 0.375. The maximum atomic E-state index is 12.7. The molecule has 0 unspecified atom stereocenters. The van der Waals surface area contributed by atoms with Crippen molar-refractivity contribution in [3.63, 3.8) is 0 Å². The van der Waals surface area contributed by atoms with Gasteiger partial charge in [-0.1, -0.05) is 6.07 Å². The second kappa shape index (κ2) is 8.52. The van der Waals surface area contributed by atoms with E-state index in [0.717, 1.165) is 5.69 Å². The van der Waals surface area contributed by atoms with Crippen LogP contribution in [0.5, 0.6) is 0 Å². The van der Waals surface area contributed by atoms with Crippen LogP contribution in [0.15, 0.2) is 47.4 Å². The second-order valence-electron chi connectivity index (χ2n) is 6.41. The van der Waals surface area contributed by atoms with Gasteiger partial charge in [-0.15, -0.1) is 0 Å². The number of aromatic nitrogens is 2. The minimum atomic E-state index is -0.945. The van der Waals surface area contributed by atoms with E-state index >= 15 is 0 Å². The number of ether oxygens (including phenoxy) is 1.